The van der Waals surface area contributed by atoms with Crippen molar-refractivity contribution >= 4 is 27.1 Å². The topological polar surface area (TPSA) is 15.3 Å². The first kappa shape index (κ1) is 10.8. The molecule has 2 nitrogen and oxygen atoms in total. The van der Waals surface area contributed by atoms with Gasteiger partial charge < -0.3 is 10.2 Å². The molecule has 2 aliphatic rings. The van der Waals surface area contributed by atoms with Crippen molar-refractivity contribution in [3.63, 3.8) is 0 Å². The molecule has 1 aromatic heterocycles. The number of anilines is 1. The van der Waals surface area contributed by atoms with Gasteiger partial charge in [0.1, 0.15) is 0 Å². The molecular formula is C15H18N2S. The second-order valence-electron chi connectivity index (χ2n) is 5.52. The maximum absolute atomic E-state index is 3.75. The van der Waals surface area contributed by atoms with Crippen molar-refractivity contribution in [3.05, 3.63) is 29.6 Å². The predicted molar refractivity (Wildman–Crippen MR) is 78.6 cm³/mol. The van der Waals surface area contributed by atoms with Crippen LogP contribution in [0.5, 0.6) is 0 Å². The maximum atomic E-state index is 3.75. The summed E-state index contributed by atoms with van der Waals surface area (Å²) in [5.41, 5.74) is 1.39. The van der Waals surface area contributed by atoms with Gasteiger partial charge in [-0.3, -0.25) is 0 Å². The van der Waals surface area contributed by atoms with Crippen LogP contribution in [0.1, 0.15) is 19.3 Å². The summed E-state index contributed by atoms with van der Waals surface area (Å²) in [6.45, 7) is 2.37. The number of thiophene rings is 1. The lowest BCUT2D eigenvalue weighted by Crippen LogP contribution is -2.33. The number of hydrogen-bond acceptors (Lipinski definition) is 3. The van der Waals surface area contributed by atoms with E-state index in [0.29, 0.717) is 6.04 Å². The number of hydrogen-bond donors (Lipinski definition) is 1. The van der Waals surface area contributed by atoms with Gasteiger partial charge >= 0.3 is 0 Å². The molecule has 2 heterocycles. The van der Waals surface area contributed by atoms with E-state index in [-0.39, 0.29) is 0 Å². The molecule has 0 amide bonds. The average Bonchev–Trinajstić information content (AvgIpc) is 2.91. The molecule has 1 aliphatic carbocycles. The van der Waals surface area contributed by atoms with Crippen molar-refractivity contribution in [2.75, 3.05) is 18.0 Å². The fourth-order valence-corrected chi connectivity index (χ4v) is 3.64. The minimum absolute atomic E-state index is 0.704. The smallest absolute Gasteiger partial charge is 0.0373 e. The number of nitrogens with zero attached hydrogens (tertiary/aromatic N) is 1. The van der Waals surface area contributed by atoms with Crippen LogP contribution in [-0.4, -0.2) is 25.2 Å². The predicted octanol–water partition coefficient (Wildman–Crippen LogP) is 3.23. The number of nitrogens with one attached hydrogen (secondary N) is 1. The molecule has 2 fully saturated rings. The van der Waals surface area contributed by atoms with Crippen LogP contribution in [-0.2, 0) is 0 Å². The Labute approximate surface area is 112 Å². The van der Waals surface area contributed by atoms with E-state index in [9.17, 15) is 0 Å². The normalized spacial score (nSPS) is 24.0. The van der Waals surface area contributed by atoms with Gasteiger partial charge in [-0.25, -0.2) is 0 Å². The second-order valence-corrected chi connectivity index (χ2v) is 6.46. The second kappa shape index (κ2) is 4.25. The maximum Gasteiger partial charge on any atom is 0.0373 e. The fraction of sp³-hybridized carbons (Fsp3) is 0.467. The summed E-state index contributed by atoms with van der Waals surface area (Å²) in [6, 6.07) is 10.6. The van der Waals surface area contributed by atoms with E-state index in [2.05, 4.69) is 39.9 Å². The van der Waals surface area contributed by atoms with Gasteiger partial charge in [-0.05, 0) is 54.3 Å². The Hall–Kier alpha value is -1.06. The fourth-order valence-electron chi connectivity index (χ4n) is 2.86. The first-order valence-electron chi connectivity index (χ1n) is 6.87. The Bertz CT molecular complexity index is 558. The first-order chi connectivity index (χ1) is 8.88. The van der Waals surface area contributed by atoms with Gasteiger partial charge in [-0.2, -0.15) is 0 Å². The molecule has 1 saturated carbocycles. The molecule has 18 heavy (non-hydrogen) atoms. The summed E-state index contributed by atoms with van der Waals surface area (Å²) in [7, 11) is 0. The molecule has 94 valence electrons. The lowest BCUT2D eigenvalue weighted by Gasteiger charge is -2.19. The summed E-state index contributed by atoms with van der Waals surface area (Å²) in [5.74, 6) is 0. The van der Waals surface area contributed by atoms with Gasteiger partial charge in [0.2, 0.25) is 0 Å². The highest BCUT2D eigenvalue weighted by Gasteiger charge is 2.29. The van der Waals surface area contributed by atoms with Gasteiger partial charge in [0, 0.05) is 35.6 Å². The van der Waals surface area contributed by atoms with Gasteiger partial charge in [0.15, 0.2) is 0 Å². The quantitative estimate of drug-likeness (QED) is 0.909. The van der Waals surface area contributed by atoms with E-state index < -0.39 is 0 Å². The third kappa shape index (κ3) is 2.02. The zero-order chi connectivity index (χ0) is 11.9. The van der Waals surface area contributed by atoms with E-state index in [4.69, 9.17) is 0 Å². The molecule has 4 rings (SSSR count). The van der Waals surface area contributed by atoms with Gasteiger partial charge in [-0.1, -0.05) is 0 Å². The Morgan fingerprint density at radius 1 is 1.11 bits per heavy atom. The van der Waals surface area contributed by atoms with Crippen molar-refractivity contribution in [2.24, 2.45) is 0 Å². The van der Waals surface area contributed by atoms with E-state index in [1.807, 2.05) is 11.3 Å². The molecule has 1 saturated heterocycles. The lowest BCUT2D eigenvalue weighted by atomic mass is 10.2. The molecule has 3 heteroatoms. The summed E-state index contributed by atoms with van der Waals surface area (Å²) in [6.07, 6.45) is 4.06. The van der Waals surface area contributed by atoms with Crippen LogP contribution >= 0.6 is 11.3 Å². The van der Waals surface area contributed by atoms with Gasteiger partial charge in [-0.15, -0.1) is 11.3 Å². The van der Waals surface area contributed by atoms with Crippen molar-refractivity contribution in [1.82, 2.24) is 5.32 Å². The Kier molecular flexibility index (Phi) is 2.55. The van der Waals surface area contributed by atoms with Crippen molar-refractivity contribution < 1.29 is 0 Å². The van der Waals surface area contributed by atoms with Crippen LogP contribution in [0.15, 0.2) is 29.6 Å². The summed E-state index contributed by atoms with van der Waals surface area (Å²) < 4.78 is 1.39. The number of fused-ring (bicyclic) bond motifs is 1. The first-order valence-corrected chi connectivity index (χ1v) is 7.75. The lowest BCUT2D eigenvalue weighted by molar-refractivity contribution is 0.548. The molecular weight excluding hydrogens is 240 g/mol. The van der Waals surface area contributed by atoms with E-state index in [1.54, 1.807) is 0 Å². The highest BCUT2D eigenvalue weighted by atomic mass is 32.1. The minimum atomic E-state index is 0.704. The van der Waals surface area contributed by atoms with Crippen LogP contribution in [0.25, 0.3) is 10.1 Å². The average molecular weight is 258 g/mol. The van der Waals surface area contributed by atoms with Crippen molar-refractivity contribution in [1.29, 1.82) is 0 Å². The Morgan fingerprint density at radius 2 is 2.06 bits per heavy atom. The zero-order valence-corrected chi connectivity index (χ0v) is 11.2. The third-order valence-electron chi connectivity index (χ3n) is 4.04. The molecule has 0 radical (unpaired) electrons. The van der Waals surface area contributed by atoms with Crippen molar-refractivity contribution in [3.8, 4) is 0 Å². The molecule has 2 aromatic rings. The minimum Gasteiger partial charge on any atom is -0.370 e. The largest absolute Gasteiger partial charge is 0.370 e. The van der Waals surface area contributed by atoms with Gasteiger partial charge in [0.25, 0.3) is 0 Å². The standard InChI is InChI=1S/C15H18N2S/c1-2-12(1)16-13-5-7-17(10-13)14-3-4-15-11(9-14)6-8-18-15/h3-4,6,8-9,12-13,16H,1-2,5,7,10H2. The SMILES string of the molecule is c1cc2cc(N3CCC(NC4CC4)C3)ccc2s1. The molecule has 1 unspecified atom stereocenters. The molecule has 1 aliphatic heterocycles. The van der Waals surface area contributed by atoms with Crippen LogP contribution in [0.4, 0.5) is 5.69 Å². The highest BCUT2D eigenvalue weighted by molar-refractivity contribution is 7.17. The van der Waals surface area contributed by atoms with Crippen LogP contribution in [0.3, 0.4) is 0 Å². The highest BCUT2D eigenvalue weighted by Crippen LogP contribution is 2.29. The van der Waals surface area contributed by atoms with E-state index in [1.165, 1.54) is 48.1 Å². The summed E-state index contributed by atoms with van der Waals surface area (Å²) in [4.78, 5) is 2.52. The van der Waals surface area contributed by atoms with Crippen molar-refractivity contribution in [2.45, 2.75) is 31.3 Å². The number of rotatable bonds is 3. The molecule has 0 bridgehead atoms. The zero-order valence-electron chi connectivity index (χ0n) is 10.4. The van der Waals surface area contributed by atoms with E-state index >= 15 is 0 Å². The van der Waals surface area contributed by atoms with E-state index in [0.717, 1.165) is 6.04 Å². The van der Waals surface area contributed by atoms with Crippen LogP contribution in [0.2, 0.25) is 0 Å². The third-order valence-corrected chi connectivity index (χ3v) is 4.94. The molecule has 1 atom stereocenters. The van der Waals surface area contributed by atoms with Crippen LogP contribution in [0, 0.1) is 0 Å². The molecule has 1 N–H and O–H groups in total. The van der Waals surface area contributed by atoms with Gasteiger partial charge in [0.05, 0.1) is 0 Å². The molecule has 1 aromatic carbocycles. The monoisotopic (exact) mass is 258 g/mol. The summed E-state index contributed by atoms with van der Waals surface area (Å²) >= 11 is 1.82. The van der Waals surface area contributed by atoms with Crippen LogP contribution < -0.4 is 10.2 Å². The molecule has 0 spiro atoms. The Morgan fingerprint density at radius 3 is 2.94 bits per heavy atom. The number of benzene rings is 1. The summed E-state index contributed by atoms with van der Waals surface area (Å²) in [5, 5.41) is 7.31. The Balaban J connectivity index is 1.51.